The van der Waals surface area contributed by atoms with Gasteiger partial charge in [0.05, 0.1) is 11.1 Å². The van der Waals surface area contributed by atoms with E-state index < -0.39 is 0 Å². The number of fused-ring (bicyclic) bond motifs is 6. The SMILES string of the molecule is C=C1C2C(CCc3cc(F)ccc3-c3c(-c4ccccc4)c(C)cc[n+]31)c1cccc3c1C1N(C=CN21)CC3. The number of hydrogen-bond donors (Lipinski definition) is 0. The number of nitrogens with zero attached hydrogens (tertiary/aromatic N) is 3. The van der Waals surface area contributed by atoms with E-state index in [0.717, 1.165) is 53.9 Å². The van der Waals surface area contributed by atoms with Crippen LogP contribution in [0.4, 0.5) is 4.39 Å². The molecule has 192 valence electrons. The van der Waals surface area contributed by atoms with Gasteiger partial charge in [0.1, 0.15) is 18.0 Å². The lowest BCUT2D eigenvalue weighted by atomic mass is 9.75. The second-order valence-electron chi connectivity index (χ2n) is 11.4. The topological polar surface area (TPSA) is 10.4 Å². The average molecular weight is 513 g/mol. The molecule has 0 N–H and O–H groups in total. The Hall–Kier alpha value is -4.18. The summed E-state index contributed by atoms with van der Waals surface area (Å²) in [6.07, 6.45) is 9.76. The first kappa shape index (κ1) is 22.8. The molecule has 3 nitrogen and oxygen atoms in total. The van der Waals surface area contributed by atoms with E-state index in [1.54, 1.807) is 12.1 Å². The highest BCUT2D eigenvalue weighted by Gasteiger charge is 2.50. The molecule has 0 saturated carbocycles. The third kappa shape index (κ3) is 3.24. The Morgan fingerprint density at radius 3 is 2.67 bits per heavy atom. The van der Waals surface area contributed by atoms with Gasteiger partial charge in [-0.1, -0.05) is 48.5 Å². The molecular formula is C35H31FN3+. The van der Waals surface area contributed by atoms with Gasteiger partial charge in [0.15, 0.2) is 6.20 Å². The second-order valence-corrected chi connectivity index (χ2v) is 11.4. The van der Waals surface area contributed by atoms with Crippen LogP contribution in [-0.2, 0) is 12.8 Å². The van der Waals surface area contributed by atoms with E-state index in [4.69, 9.17) is 6.58 Å². The Morgan fingerprint density at radius 1 is 0.923 bits per heavy atom. The lowest BCUT2D eigenvalue weighted by Gasteiger charge is -2.48. The van der Waals surface area contributed by atoms with Gasteiger partial charge >= 0.3 is 0 Å². The molecule has 0 spiro atoms. The summed E-state index contributed by atoms with van der Waals surface area (Å²) >= 11 is 0. The summed E-state index contributed by atoms with van der Waals surface area (Å²) in [6, 6.07) is 25.1. The third-order valence-corrected chi connectivity index (χ3v) is 9.36. The third-order valence-electron chi connectivity index (χ3n) is 9.36. The molecule has 3 atom stereocenters. The van der Waals surface area contributed by atoms with Gasteiger partial charge in [-0.3, -0.25) is 0 Å². The van der Waals surface area contributed by atoms with Crippen molar-refractivity contribution in [1.29, 1.82) is 0 Å². The van der Waals surface area contributed by atoms with Crippen molar-refractivity contribution in [2.75, 3.05) is 6.54 Å². The first-order valence-corrected chi connectivity index (χ1v) is 14.0. The van der Waals surface area contributed by atoms with E-state index in [9.17, 15) is 4.39 Å². The number of hydrogen-bond acceptors (Lipinski definition) is 2. The molecule has 4 aliphatic heterocycles. The quantitative estimate of drug-likeness (QED) is 0.255. The molecule has 39 heavy (non-hydrogen) atoms. The fraction of sp³-hybridized carbons (Fsp3) is 0.229. The van der Waals surface area contributed by atoms with Crippen LogP contribution in [0.15, 0.2) is 98.0 Å². The van der Waals surface area contributed by atoms with Gasteiger partial charge in [-0.05, 0) is 78.8 Å². The zero-order chi connectivity index (χ0) is 26.2. The summed E-state index contributed by atoms with van der Waals surface area (Å²) in [5, 5.41) is 0. The minimum atomic E-state index is -0.178. The standard InChI is InChI=1S/C35H31FN3/c1-22-15-18-38-23(2)33-30(29-10-6-9-25-16-17-37-19-20-39(33)35(37)32(25)29)13-11-26-21-27(36)12-14-28(26)34(38)31(22)24-7-4-3-5-8-24/h3-10,12,14-15,18-21,30,33,35H,2,11,13,16-17H2,1H3/q+1. The normalized spacial score (nSPS) is 22.3. The van der Waals surface area contributed by atoms with Gasteiger partial charge in [0, 0.05) is 36.5 Å². The van der Waals surface area contributed by atoms with Gasteiger partial charge in [-0.15, -0.1) is 0 Å². The van der Waals surface area contributed by atoms with Crippen molar-refractivity contribution in [3.05, 3.63) is 132 Å². The molecule has 4 aliphatic rings. The molecule has 5 heterocycles. The Kier molecular flexibility index (Phi) is 4.91. The molecule has 3 unspecified atom stereocenters. The van der Waals surface area contributed by atoms with Gasteiger partial charge in [-0.2, -0.15) is 4.57 Å². The number of benzene rings is 3. The fourth-order valence-electron chi connectivity index (χ4n) is 7.67. The Bertz CT molecular complexity index is 1690. The molecule has 4 heteroatoms. The molecule has 3 aromatic carbocycles. The predicted molar refractivity (Wildman–Crippen MR) is 153 cm³/mol. The van der Waals surface area contributed by atoms with E-state index in [1.165, 1.54) is 27.8 Å². The molecule has 0 amide bonds. The first-order chi connectivity index (χ1) is 19.1. The van der Waals surface area contributed by atoms with Gasteiger partial charge in [-0.25, -0.2) is 4.39 Å². The van der Waals surface area contributed by atoms with Crippen LogP contribution in [0.25, 0.3) is 28.1 Å². The Balaban J connectivity index is 1.42. The minimum Gasteiger partial charge on any atom is -0.352 e. The molecule has 0 aliphatic carbocycles. The average Bonchev–Trinajstić information content (AvgIpc) is 3.41. The summed E-state index contributed by atoms with van der Waals surface area (Å²) in [5.74, 6) is 0.0743. The summed E-state index contributed by atoms with van der Waals surface area (Å²) in [5.41, 5.74) is 12.2. The molecule has 1 aromatic heterocycles. The first-order valence-electron chi connectivity index (χ1n) is 14.0. The van der Waals surface area contributed by atoms with Crippen LogP contribution >= 0.6 is 0 Å². The number of pyridine rings is 1. The van der Waals surface area contributed by atoms with E-state index in [-0.39, 0.29) is 23.9 Å². The summed E-state index contributed by atoms with van der Waals surface area (Å²) in [6.45, 7) is 8.04. The monoisotopic (exact) mass is 512 g/mol. The van der Waals surface area contributed by atoms with Gasteiger partial charge in [0.25, 0.3) is 0 Å². The molecule has 4 aromatic rings. The van der Waals surface area contributed by atoms with Crippen molar-refractivity contribution in [3.8, 4) is 22.4 Å². The molecular weight excluding hydrogens is 481 g/mol. The molecule has 0 radical (unpaired) electrons. The fourth-order valence-corrected chi connectivity index (χ4v) is 7.67. The number of aromatic nitrogens is 1. The van der Waals surface area contributed by atoms with Crippen molar-refractivity contribution < 1.29 is 8.96 Å². The van der Waals surface area contributed by atoms with Crippen LogP contribution < -0.4 is 4.57 Å². The van der Waals surface area contributed by atoms with E-state index in [2.05, 4.69) is 94.5 Å². The Labute approximate surface area is 229 Å². The highest BCUT2D eigenvalue weighted by molar-refractivity contribution is 5.83. The van der Waals surface area contributed by atoms with Crippen molar-refractivity contribution >= 4 is 5.70 Å². The maximum Gasteiger partial charge on any atom is 0.226 e. The maximum atomic E-state index is 14.8. The zero-order valence-corrected chi connectivity index (χ0v) is 22.1. The van der Waals surface area contributed by atoms with E-state index in [1.807, 2.05) is 6.07 Å². The van der Waals surface area contributed by atoms with Gasteiger partial charge < -0.3 is 9.80 Å². The lowest BCUT2D eigenvalue weighted by Crippen LogP contribution is -2.53. The lowest BCUT2D eigenvalue weighted by molar-refractivity contribution is -0.573. The Morgan fingerprint density at radius 2 is 1.79 bits per heavy atom. The van der Waals surface area contributed by atoms with Crippen LogP contribution in [0, 0.1) is 12.7 Å². The molecule has 0 saturated heterocycles. The number of aryl methyl sites for hydroxylation is 2. The van der Waals surface area contributed by atoms with Crippen molar-refractivity contribution in [2.45, 2.75) is 44.3 Å². The maximum absolute atomic E-state index is 14.8. The van der Waals surface area contributed by atoms with Crippen LogP contribution in [0.5, 0.6) is 0 Å². The zero-order valence-electron chi connectivity index (χ0n) is 22.1. The summed E-state index contributed by atoms with van der Waals surface area (Å²) in [4.78, 5) is 5.04. The van der Waals surface area contributed by atoms with Crippen LogP contribution in [0.3, 0.4) is 0 Å². The highest BCUT2D eigenvalue weighted by Crippen LogP contribution is 2.52. The molecule has 8 rings (SSSR count). The van der Waals surface area contributed by atoms with Crippen LogP contribution in [-0.4, -0.2) is 22.4 Å². The van der Waals surface area contributed by atoms with Gasteiger partial charge in [0.2, 0.25) is 11.4 Å². The summed E-state index contributed by atoms with van der Waals surface area (Å²) in [7, 11) is 0. The van der Waals surface area contributed by atoms with E-state index in [0.29, 0.717) is 0 Å². The highest BCUT2D eigenvalue weighted by atomic mass is 19.1. The molecule has 0 bridgehead atoms. The largest absolute Gasteiger partial charge is 0.352 e. The van der Waals surface area contributed by atoms with Crippen LogP contribution in [0.2, 0.25) is 0 Å². The van der Waals surface area contributed by atoms with Crippen molar-refractivity contribution in [2.24, 2.45) is 0 Å². The number of halogens is 1. The minimum absolute atomic E-state index is 0.0892. The van der Waals surface area contributed by atoms with E-state index >= 15 is 0 Å². The molecule has 0 fully saturated rings. The number of rotatable bonds is 1. The van der Waals surface area contributed by atoms with Crippen molar-refractivity contribution in [1.82, 2.24) is 9.80 Å². The van der Waals surface area contributed by atoms with Crippen LogP contribution in [0.1, 0.15) is 46.3 Å². The smallest absolute Gasteiger partial charge is 0.226 e. The second kappa shape index (κ2) is 8.41. The summed E-state index contributed by atoms with van der Waals surface area (Å²) < 4.78 is 17.1. The van der Waals surface area contributed by atoms with Crippen molar-refractivity contribution in [3.63, 3.8) is 0 Å². The predicted octanol–water partition coefficient (Wildman–Crippen LogP) is 6.98.